The molecule has 0 amide bonds. The zero-order chi connectivity index (χ0) is 19.0. The molecule has 4 aromatic rings. The van der Waals surface area contributed by atoms with Gasteiger partial charge in [-0.2, -0.15) is 0 Å². The molecule has 3 aromatic carbocycles. The first-order valence-electron chi connectivity index (χ1n) is 8.51. The molecule has 4 rings (SSSR count). The van der Waals surface area contributed by atoms with Crippen LogP contribution in [0.25, 0.3) is 21.8 Å². The van der Waals surface area contributed by atoms with Gasteiger partial charge in [0.2, 0.25) is 0 Å². The summed E-state index contributed by atoms with van der Waals surface area (Å²) in [5, 5.41) is 12.9. The van der Waals surface area contributed by atoms with Crippen molar-refractivity contribution in [3.8, 4) is 0 Å². The maximum absolute atomic E-state index is 12.5. The van der Waals surface area contributed by atoms with Crippen LogP contribution in [0.2, 0.25) is 0 Å². The Labute approximate surface area is 176 Å². The van der Waals surface area contributed by atoms with Gasteiger partial charge in [-0.3, -0.25) is 4.21 Å². The van der Waals surface area contributed by atoms with Crippen LogP contribution in [0, 0.1) is 0 Å². The van der Waals surface area contributed by atoms with Gasteiger partial charge in [0.1, 0.15) is 0 Å². The third-order valence-electron chi connectivity index (χ3n) is 4.53. The van der Waals surface area contributed by atoms with E-state index >= 15 is 0 Å². The number of hydrogen-bond donors (Lipinski definition) is 1. The summed E-state index contributed by atoms with van der Waals surface area (Å²) in [6, 6.07) is 21.6. The Morgan fingerprint density at radius 3 is 2.00 bits per heavy atom. The van der Waals surface area contributed by atoms with Crippen LogP contribution in [0.15, 0.2) is 80.6 Å². The number of hydrogen-bond acceptors (Lipinski definition) is 2. The van der Waals surface area contributed by atoms with Crippen LogP contribution in [0.3, 0.4) is 0 Å². The highest BCUT2D eigenvalue weighted by Gasteiger charge is 2.17. The van der Waals surface area contributed by atoms with Crippen LogP contribution in [0.1, 0.15) is 0 Å². The lowest BCUT2D eigenvalue weighted by Crippen LogP contribution is -2.22. The van der Waals surface area contributed by atoms with Crippen LogP contribution in [0.4, 0.5) is 0 Å². The van der Waals surface area contributed by atoms with Crippen LogP contribution >= 0.6 is 31.9 Å². The molecule has 2 unspecified atom stereocenters. The average Bonchev–Trinajstić information content (AvgIpc) is 2.94. The molecule has 3 nitrogen and oxygen atoms in total. The van der Waals surface area contributed by atoms with Crippen molar-refractivity contribution in [3.63, 3.8) is 0 Å². The van der Waals surface area contributed by atoms with Gasteiger partial charge in [0.25, 0.3) is 0 Å². The molecule has 0 radical (unpaired) electrons. The number of halogens is 2. The summed E-state index contributed by atoms with van der Waals surface area (Å²) in [4.78, 5) is 0.742. The van der Waals surface area contributed by atoms with Gasteiger partial charge in [-0.1, -0.05) is 50.1 Å². The third-order valence-corrected chi connectivity index (χ3v) is 7.00. The van der Waals surface area contributed by atoms with E-state index in [1.165, 1.54) is 0 Å². The monoisotopic (exact) mass is 505 g/mol. The van der Waals surface area contributed by atoms with E-state index in [-0.39, 0.29) is 5.75 Å². The van der Waals surface area contributed by atoms with Gasteiger partial charge in [0.15, 0.2) is 0 Å². The lowest BCUT2D eigenvalue weighted by Gasteiger charge is -2.14. The molecule has 27 heavy (non-hydrogen) atoms. The highest BCUT2D eigenvalue weighted by molar-refractivity contribution is 9.10. The summed E-state index contributed by atoms with van der Waals surface area (Å²) in [7, 11) is -1.23. The highest BCUT2D eigenvalue weighted by Crippen LogP contribution is 2.33. The van der Waals surface area contributed by atoms with Crippen molar-refractivity contribution in [1.29, 1.82) is 0 Å². The third kappa shape index (κ3) is 3.90. The number of aliphatic hydroxyl groups is 1. The van der Waals surface area contributed by atoms with Gasteiger partial charge < -0.3 is 9.67 Å². The van der Waals surface area contributed by atoms with Crippen molar-refractivity contribution >= 4 is 64.5 Å². The van der Waals surface area contributed by atoms with Crippen LogP contribution in [-0.4, -0.2) is 25.7 Å². The average molecular weight is 507 g/mol. The Kier molecular flexibility index (Phi) is 5.50. The predicted molar refractivity (Wildman–Crippen MR) is 119 cm³/mol. The van der Waals surface area contributed by atoms with E-state index in [0.29, 0.717) is 6.54 Å². The lowest BCUT2D eigenvalue weighted by molar-refractivity contribution is 0.180. The van der Waals surface area contributed by atoms with Gasteiger partial charge in [0.05, 0.1) is 29.2 Å². The summed E-state index contributed by atoms with van der Waals surface area (Å²) in [5.41, 5.74) is 2.10. The second-order valence-electron chi connectivity index (χ2n) is 6.41. The molecule has 0 aliphatic carbocycles. The van der Waals surface area contributed by atoms with E-state index < -0.39 is 16.9 Å². The maximum Gasteiger partial charge on any atom is 0.0837 e. The summed E-state index contributed by atoms with van der Waals surface area (Å²) in [5.74, 6) is 0.207. The second kappa shape index (κ2) is 7.87. The fourth-order valence-corrected chi connectivity index (χ4v) is 5.18. The van der Waals surface area contributed by atoms with Crippen LogP contribution < -0.4 is 0 Å². The molecule has 0 spiro atoms. The summed E-state index contributed by atoms with van der Waals surface area (Å²) in [6.07, 6.45) is -0.711. The number of aromatic nitrogens is 1. The van der Waals surface area contributed by atoms with Gasteiger partial charge in [0, 0.05) is 35.6 Å². The summed E-state index contributed by atoms with van der Waals surface area (Å²) in [6.45, 7) is 0.391. The van der Waals surface area contributed by atoms with E-state index in [4.69, 9.17) is 0 Å². The molecule has 0 fully saturated rings. The van der Waals surface area contributed by atoms with Crippen molar-refractivity contribution in [2.45, 2.75) is 17.5 Å². The molecule has 1 aromatic heterocycles. The number of fused-ring (bicyclic) bond motifs is 3. The Balaban J connectivity index is 1.69. The van der Waals surface area contributed by atoms with Crippen molar-refractivity contribution in [2.75, 3.05) is 5.75 Å². The Morgan fingerprint density at radius 1 is 0.889 bits per heavy atom. The molecule has 0 bridgehead atoms. The second-order valence-corrected chi connectivity index (χ2v) is 9.74. The van der Waals surface area contributed by atoms with Gasteiger partial charge in [-0.05, 0) is 48.5 Å². The normalized spacial score (nSPS) is 13.9. The van der Waals surface area contributed by atoms with Crippen molar-refractivity contribution in [1.82, 2.24) is 4.57 Å². The molecule has 1 heterocycles. The van der Waals surface area contributed by atoms with Crippen molar-refractivity contribution in [3.05, 3.63) is 75.7 Å². The largest absolute Gasteiger partial charge is 0.390 e. The number of aliphatic hydroxyl groups excluding tert-OH is 1. The number of benzene rings is 3. The van der Waals surface area contributed by atoms with Gasteiger partial charge in [-0.15, -0.1) is 0 Å². The minimum atomic E-state index is -1.23. The molecule has 0 saturated heterocycles. The van der Waals surface area contributed by atoms with Gasteiger partial charge in [-0.25, -0.2) is 0 Å². The standard InChI is InChI=1S/C21H17Br2NO2S/c22-14-6-8-20-18(10-14)19-11-15(23)7-9-21(19)24(20)12-16(25)13-27(26)17-4-2-1-3-5-17/h1-11,16,25H,12-13H2. The van der Waals surface area contributed by atoms with E-state index in [1.807, 2.05) is 54.6 Å². The molecule has 1 N–H and O–H groups in total. The summed E-state index contributed by atoms with van der Waals surface area (Å²) >= 11 is 7.09. The Morgan fingerprint density at radius 2 is 1.44 bits per heavy atom. The number of nitrogens with zero attached hydrogens (tertiary/aromatic N) is 1. The zero-order valence-corrected chi connectivity index (χ0v) is 18.3. The topological polar surface area (TPSA) is 42.2 Å². The van der Waals surface area contributed by atoms with E-state index in [0.717, 1.165) is 35.6 Å². The van der Waals surface area contributed by atoms with Crippen LogP contribution in [-0.2, 0) is 17.3 Å². The smallest absolute Gasteiger partial charge is 0.0837 e. The van der Waals surface area contributed by atoms with E-state index in [2.05, 4.69) is 48.6 Å². The van der Waals surface area contributed by atoms with Crippen molar-refractivity contribution in [2.24, 2.45) is 0 Å². The fraction of sp³-hybridized carbons (Fsp3) is 0.143. The molecule has 138 valence electrons. The minimum absolute atomic E-state index is 0.207. The van der Waals surface area contributed by atoms with E-state index in [9.17, 15) is 9.32 Å². The predicted octanol–water partition coefficient (Wildman–Crippen LogP) is 5.49. The fourth-order valence-electron chi connectivity index (χ4n) is 3.35. The lowest BCUT2D eigenvalue weighted by atomic mass is 10.2. The molecule has 0 saturated carbocycles. The molecule has 6 heteroatoms. The highest BCUT2D eigenvalue weighted by atomic mass is 79.9. The quantitative estimate of drug-likeness (QED) is 0.389. The molecule has 0 aliphatic heterocycles. The first-order chi connectivity index (χ1) is 13.0. The van der Waals surface area contributed by atoms with E-state index in [1.54, 1.807) is 0 Å². The molecule has 2 atom stereocenters. The molecular weight excluding hydrogens is 490 g/mol. The minimum Gasteiger partial charge on any atom is -0.390 e. The van der Waals surface area contributed by atoms with Crippen molar-refractivity contribution < 1.29 is 9.32 Å². The molecular formula is C21H17Br2NO2S. The maximum atomic E-state index is 12.5. The number of rotatable bonds is 5. The Bertz CT molecular complexity index is 1080. The SMILES string of the molecule is O=S(CC(O)Cn1c2ccc(Br)cc2c2cc(Br)ccc21)c1ccccc1. The summed E-state index contributed by atoms with van der Waals surface area (Å²) < 4.78 is 16.7. The first-order valence-corrected chi connectivity index (χ1v) is 11.4. The zero-order valence-electron chi connectivity index (χ0n) is 14.3. The Hall–Kier alpha value is -1.47. The molecule has 0 aliphatic rings. The van der Waals surface area contributed by atoms with Crippen LogP contribution in [0.5, 0.6) is 0 Å². The van der Waals surface area contributed by atoms with Gasteiger partial charge >= 0.3 is 0 Å². The first kappa shape index (κ1) is 18.9.